The van der Waals surface area contributed by atoms with E-state index in [4.69, 9.17) is 0 Å². The van der Waals surface area contributed by atoms with E-state index in [0.717, 1.165) is 12.2 Å². The minimum absolute atomic E-state index is 0.0107. The maximum absolute atomic E-state index is 12.1. The van der Waals surface area contributed by atoms with Gasteiger partial charge in [-0.3, -0.25) is 4.79 Å². The number of carbonyl (C=O) groups excluding carboxylic acids is 1. The number of benzene rings is 1. The molecule has 1 aromatic rings. The summed E-state index contributed by atoms with van der Waals surface area (Å²) in [6.07, 6.45) is 0. The second kappa shape index (κ2) is 6.86. The first-order valence-electron chi connectivity index (χ1n) is 7.01. The Labute approximate surface area is 122 Å². The first-order chi connectivity index (χ1) is 9.22. The lowest BCUT2D eigenvalue weighted by Crippen LogP contribution is -2.51. The van der Waals surface area contributed by atoms with Crippen LogP contribution >= 0.6 is 0 Å². The molecule has 0 aliphatic rings. The summed E-state index contributed by atoms with van der Waals surface area (Å²) in [5, 5.41) is 6.20. The van der Waals surface area contributed by atoms with Gasteiger partial charge in [-0.25, -0.2) is 0 Å². The quantitative estimate of drug-likeness (QED) is 0.838. The Morgan fingerprint density at radius 1 is 1.25 bits per heavy atom. The molecule has 20 heavy (non-hydrogen) atoms. The van der Waals surface area contributed by atoms with Crippen molar-refractivity contribution in [1.82, 2.24) is 10.2 Å². The first kappa shape index (κ1) is 16.7. The number of anilines is 1. The van der Waals surface area contributed by atoms with E-state index < -0.39 is 0 Å². The molecule has 1 atom stereocenters. The van der Waals surface area contributed by atoms with Crippen LogP contribution in [0, 0.1) is 6.92 Å². The highest BCUT2D eigenvalue weighted by molar-refractivity contribution is 5.94. The van der Waals surface area contributed by atoms with Crippen molar-refractivity contribution < 1.29 is 4.79 Å². The van der Waals surface area contributed by atoms with Crippen molar-refractivity contribution in [2.75, 3.05) is 26.0 Å². The average Bonchev–Trinajstić information content (AvgIpc) is 2.38. The molecule has 1 amide bonds. The molecular formula is C16H27N3O. The highest BCUT2D eigenvalue weighted by Gasteiger charge is 2.22. The maximum Gasteiger partial charge on any atom is 0.241 e. The monoisotopic (exact) mass is 277 g/mol. The fourth-order valence-corrected chi connectivity index (χ4v) is 1.54. The third-order valence-electron chi connectivity index (χ3n) is 3.76. The summed E-state index contributed by atoms with van der Waals surface area (Å²) in [7, 11) is 4.08. The molecule has 0 heterocycles. The van der Waals surface area contributed by atoms with Crippen LogP contribution in [-0.2, 0) is 4.79 Å². The molecule has 0 fully saturated rings. The van der Waals surface area contributed by atoms with E-state index in [9.17, 15) is 4.79 Å². The molecule has 1 unspecified atom stereocenters. The van der Waals surface area contributed by atoms with Gasteiger partial charge >= 0.3 is 0 Å². The lowest BCUT2D eigenvalue weighted by Gasteiger charge is -2.33. The number of hydrogen-bond donors (Lipinski definition) is 2. The van der Waals surface area contributed by atoms with Crippen LogP contribution in [0.2, 0.25) is 0 Å². The molecule has 1 rings (SSSR count). The molecule has 2 N–H and O–H groups in total. The van der Waals surface area contributed by atoms with E-state index in [1.807, 2.05) is 52.2 Å². The summed E-state index contributed by atoms with van der Waals surface area (Å²) < 4.78 is 0. The molecular weight excluding hydrogens is 250 g/mol. The van der Waals surface area contributed by atoms with Gasteiger partial charge in [-0.2, -0.15) is 0 Å². The molecule has 4 heteroatoms. The van der Waals surface area contributed by atoms with E-state index in [1.54, 1.807) is 0 Å². The molecule has 0 aromatic heterocycles. The van der Waals surface area contributed by atoms with Gasteiger partial charge in [0.15, 0.2) is 0 Å². The van der Waals surface area contributed by atoms with E-state index in [-0.39, 0.29) is 17.5 Å². The largest absolute Gasteiger partial charge is 0.325 e. The van der Waals surface area contributed by atoms with Gasteiger partial charge in [0, 0.05) is 17.8 Å². The Balaban J connectivity index is 2.49. The molecule has 4 nitrogen and oxygen atoms in total. The molecule has 0 aliphatic carbocycles. The van der Waals surface area contributed by atoms with Gasteiger partial charge in [-0.05, 0) is 53.9 Å². The number of aryl methyl sites for hydroxylation is 1. The van der Waals surface area contributed by atoms with Gasteiger partial charge in [0.25, 0.3) is 0 Å². The van der Waals surface area contributed by atoms with Gasteiger partial charge in [0.2, 0.25) is 5.91 Å². The summed E-state index contributed by atoms with van der Waals surface area (Å²) >= 11 is 0. The zero-order valence-corrected chi connectivity index (χ0v) is 13.4. The highest BCUT2D eigenvalue weighted by atomic mass is 16.2. The van der Waals surface area contributed by atoms with E-state index >= 15 is 0 Å². The fourth-order valence-electron chi connectivity index (χ4n) is 1.54. The minimum atomic E-state index is -0.226. The summed E-state index contributed by atoms with van der Waals surface area (Å²) in [5.74, 6) is -0.0107. The van der Waals surface area contributed by atoms with Crippen LogP contribution < -0.4 is 10.6 Å². The zero-order valence-electron chi connectivity index (χ0n) is 13.4. The topological polar surface area (TPSA) is 44.4 Å². The van der Waals surface area contributed by atoms with Crippen molar-refractivity contribution in [3.8, 4) is 0 Å². The van der Waals surface area contributed by atoms with Crippen LogP contribution in [0.5, 0.6) is 0 Å². The van der Waals surface area contributed by atoms with Crippen LogP contribution in [0.4, 0.5) is 5.69 Å². The molecule has 0 aliphatic heterocycles. The van der Waals surface area contributed by atoms with Crippen molar-refractivity contribution in [1.29, 1.82) is 0 Å². The third-order valence-corrected chi connectivity index (χ3v) is 3.76. The maximum atomic E-state index is 12.1. The van der Waals surface area contributed by atoms with Crippen molar-refractivity contribution >= 4 is 11.6 Å². The van der Waals surface area contributed by atoms with Gasteiger partial charge in [0.1, 0.15) is 0 Å². The predicted molar refractivity (Wildman–Crippen MR) is 85.0 cm³/mol. The Morgan fingerprint density at radius 3 is 2.30 bits per heavy atom. The molecule has 0 radical (unpaired) electrons. The van der Waals surface area contributed by atoms with E-state index in [1.165, 1.54) is 5.56 Å². The minimum Gasteiger partial charge on any atom is -0.325 e. The fraction of sp³-hybridized carbons (Fsp3) is 0.562. The van der Waals surface area contributed by atoms with Crippen LogP contribution in [0.15, 0.2) is 24.3 Å². The third kappa shape index (κ3) is 4.94. The van der Waals surface area contributed by atoms with Gasteiger partial charge in [-0.1, -0.05) is 17.7 Å². The molecule has 112 valence electrons. The van der Waals surface area contributed by atoms with Gasteiger partial charge < -0.3 is 15.5 Å². The summed E-state index contributed by atoms with van der Waals surface area (Å²) in [4.78, 5) is 14.2. The second-order valence-electron chi connectivity index (χ2n) is 6.16. The van der Waals surface area contributed by atoms with Crippen LogP contribution in [0.3, 0.4) is 0 Å². The number of amides is 1. The SMILES string of the molecule is Cc1ccc(NC(=O)C(C)NCC(C)(C)N(C)C)cc1. The van der Waals surface area contributed by atoms with Crippen LogP contribution in [0.1, 0.15) is 26.3 Å². The first-order valence-corrected chi connectivity index (χ1v) is 7.01. The Kier molecular flexibility index (Phi) is 5.72. The number of rotatable bonds is 6. The summed E-state index contributed by atoms with van der Waals surface area (Å²) in [6.45, 7) is 8.95. The zero-order chi connectivity index (χ0) is 15.3. The smallest absolute Gasteiger partial charge is 0.241 e. The van der Waals surface area contributed by atoms with Crippen LogP contribution in [-0.4, -0.2) is 43.0 Å². The average molecular weight is 277 g/mol. The Hall–Kier alpha value is -1.39. The molecule has 0 bridgehead atoms. The number of hydrogen-bond acceptors (Lipinski definition) is 3. The van der Waals surface area contributed by atoms with E-state index in [0.29, 0.717) is 0 Å². The molecule has 0 spiro atoms. The van der Waals surface area contributed by atoms with Crippen molar-refractivity contribution in [3.05, 3.63) is 29.8 Å². The number of nitrogens with zero attached hydrogens (tertiary/aromatic N) is 1. The lowest BCUT2D eigenvalue weighted by atomic mass is 10.0. The lowest BCUT2D eigenvalue weighted by molar-refractivity contribution is -0.117. The van der Waals surface area contributed by atoms with Gasteiger partial charge in [-0.15, -0.1) is 0 Å². The normalized spacial score (nSPS) is 13.3. The molecule has 0 saturated heterocycles. The highest BCUT2D eigenvalue weighted by Crippen LogP contribution is 2.10. The predicted octanol–water partition coefficient (Wildman–Crippen LogP) is 2.25. The number of carbonyl (C=O) groups is 1. The standard InChI is InChI=1S/C16H27N3O/c1-12-7-9-14(10-8-12)18-15(20)13(2)17-11-16(3,4)19(5)6/h7-10,13,17H,11H2,1-6H3,(H,18,20). The van der Waals surface area contributed by atoms with Crippen molar-refractivity contribution in [2.24, 2.45) is 0 Å². The molecule has 0 saturated carbocycles. The summed E-state index contributed by atoms with van der Waals surface area (Å²) in [6, 6.07) is 7.59. The van der Waals surface area contributed by atoms with Crippen molar-refractivity contribution in [3.63, 3.8) is 0 Å². The molecule has 1 aromatic carbocycles. The number of likely N-dealkylation sites (N-methyl/N-ethyl adjacent to an activating group) is 1. The Bertz CT molecular complexity index is 438. The Morgan fingerprint density at radius 2 is 1.80 bits per heavy atom. The number of nitrogens with one attached hydrogen (secondary N) is 2. The van der Waals surface area contributed by atoms with Crippen molar-refractivity contribution in [2.45, 2.75) is 39.3 Å². The van der Waals surface area contributed by atoms with Crippen LogP contribution in [0.25, 0.3) is 0 Å². The van der Waals surface area contributed by atoms with E-state index in [2.05, 4.69) is 29.4 Å². The second-order valence-corrected chi connectivity index (χ2v) is 6.16. The van der Waals surface area contributed by atoms with Gasteiger partial charge in [0.05, 0.1) is 6.04 Å². The summed E-state index contributed by atoms with van der Waals surface area (Å²) in [5.41, 5.74) is 2.03.